The van der Waals surface area contributed by atoms with Crippen LogP contribution in [0.2, 0.25) is 0 Å². The van der Waals surface area contributed by atoms with Crippen LogP contribution in [0.25, 0.3) is 0 Å². The van der Waals surface area contributed by atoms with Gasteiger partial charge < -0.3 is 10.8 Å². The predicted molar refractivity (Wildman–Crippen MR) is 64.6 cm³/mol. The van der Waals surface area contributed by atoms with Crippen LogP contribution in [-0.4, -0.2) is 17.1 Å². The molecule has 1 rings (SSSR count). The number of carboxylic acid groups (broad SMARTS) is 1. The van der Waals surface area contributed by atoms with Gasteiger partial charge in [0.15, 0.2) is 0 Å². The molecule has 88 valence electrons. The third-order valence-electron chi connectivity index (χ3n) is 3.34. The number of nitrogens with two attached hydrogens (primary N) is 1. The Morgan fingerprint density at radius 3 is 2.44 bits per heavy atom. The second-order valence-electron chi connectivity index (χ2n) is 4.79. The van der Waals surface area contributed by atoms with Crippen molar-refractivity contribution >= 4 is 5.97 Å². The molecule has 0 aliphatic carbocycles. The van der Waals surface area contributed by atoms with Gasteiger partial charge in [-0.25, -0.2) is 0 Å². The molecular weight excluding hydrogens is 202 g/mol. The lowest BCUT2D eigenvalue weighted by Gasteiger charge is -2.31. The van der Waals surface area contributed by atoms with Gasteiger partial charge in [0.2, 0.25) is 0 Å². The van der Waals surface area contributed by atoms with E-state index in [9.17, 15) is 4.79 Å². The summed E-state index contributed by atoms with van der Waals surface area (Å²) in [6.45, 7) is 7.75. The number of aryl methyl sites for hydroxylation is 1. The first-order valence-corrected chi connectivity index (χ1v) is 5.33. The molecule has 1 atom stereocenters. The summed E-state index contributed by atoms with van der Waals surface area (Å²) in [6.07, 6.45) is 0. The van der Waals surface area contributed by atoms with E-state index in [4.69, 9.17) is 10.8 Å². The summed E-state index contributed by atoms with van der Waals surface area (Å²) in [5.74, 6) is -0.967. The Morgan fingerprint density at radius 1 is 1.38 bits per heavy atom. The van der Waals surface area contributed by atoms with E-state index in [2.05, 4.69) is 0 Å². The third kappa shape index (κ3) is 2.09. The summed E-state index contributed by atoms with van der Waals surface area (Å²) < 4.78 is 0. The second-order valence-corrected chi connectivity index (χ2v) is 4.79. The Hall–Kier alpha value is -1.35. The molecule has 1 unspecified atom stereocenters. The van der Waals surface area contributed by atoms with Gasteiger partial charge >= 0.3 is 5.97 Å². The molecule has 0 aliphatic rings. The monoisotopic (exact) mass is 221 g/mol. The van der Waals surface area contributed by atoms with Gasteiger partial charge in [0.05, 0.1) is 0 Å². The zero-order valence-electron chi connectivity index (χ0n) is 10.2. The topological polar surface area (TPSA) is 63.3 Å². The molecule has 0 heterocycles. The molecule has 16 heavy (non-hydrogen) atoms. The summed E-state index contributed by atoms with van der Waals surface area (Å²) in [7, 11) is 0. The minimum Gasteiger partial charge on any atom is -0.480 e. The number of rotatable bonds is 3. The number of hydrogen-bond acceptors (Lipinski definition) is 2. The van der Waals surface area contributed by atoms with E-state index in [1.54, 1.807) is 0 Å². The molecule has 0 saturated heterocycles. The number of carbonyl (C=O) groups is 1. The summed E-state index contributed by atoms with van der Waals surface area (Å²) in [4.78, 5) is 11.0. The van der Waals surface area contributed by atoms with Crippen molar-refractivity contribution in [2.24, 2.45) is 5.73 Å². The normalized spacial score (nSPS) is 13.6. The lowest BCUT2D eigenvalue weighted by Crippen LogP contribution is -2.47. The van der Waals surface area contributed by atoms with E-state index in [1.807, 2.05) is 45.9 Å². The van der Waals surface area contributed by atoms with Crippen molar-refractivity contribution < 1.29 is 9.90 Å². The van der Waals surface area contributed by atoms with Gasteiger partial charge in [-0.15, -0.1) is 0 Å². The SMILES string of the molecule is Cc1cccc(C(C)(C)C(N)C(=O)O)c1C. The van der Waals surface area contributed by atoms with Gasteiger partial charge in [0.1, 0.15) is 6.04 Å². The van der Waals surface area contributed by atoms with Gasteiger partial charge in [0.25, 0.3) is 0 Å². The fourth-order valence-electron chi connectivity index (χ4n) is 1.93. The highest BCUT2D eigenvalue weighted by Gasteiger charge is 2.34. The molecular formula is C13H19NO2. The van der Waals surface area contributed by atoms with E-state index < -0.39 is 17.4 Å². The molecule has 0 saturated carbocycles. The molecule has 0 aliphatic heterocycles. The first-order valence-electron chi connectivity index (χ1n) is 5.33. The van der Waals surface area contributed by atoms with Crippen molar-refractivity contribution in [2.75, 3.05) is 0 Å². The predicted octanol–water partition coefficient (Wildman–Crippen LogP) is 1.99. The fourth-order valence-corrected chi connectivity index (χ4v) is 1.93. The van der Waals surface area contributed by atoms with Gasteiger partial charge in [-0.3, -0.25) is 4.79 Å². The maximum Gasteiger partial charge on any atom is 0.321 e. The average Bonchev–Trinajstić information content (AvgIpc) is 2.20. The molecule has 3 heteroatoms. The van der Waals surface area contributed by atoms with E-state index in [0.29, 0.717) is 0 Å². The van der Waals surface area contributed by atoms with Crippen molar-refractivity contribution in [3.05, 3.63) is 34.9 Å². The van der Waals surface area contributed by atoms with Crippen LogP contribution >= 0.6 is 0 Å². The van der Waals surface area contributed by atoms with Gasteiger partial charge in [-0.2, -0.15) is 0 Å². The minimum absolute atomic E-state index is 0.568. The lowest BCUT2D eigenvalue weighted by molar-refractivity contribution is -0.140. The first-order chi connectivity index (χ1) is 7.28. The van der Waals surface area contributed by atoms with Crippen LogP contribution in [0.15, 0.2) is 18.2 Å². The van der Waals surface area contributed by atoms with Gasteiger partial charge in [-0.05, 0) is 30.5 Å². The molecule has 0 aromatic heterocycles. The van der Waals surface area contributed by atoms with Crippen LogP contribution in [0.4, 0.5) is 0 Å². The molecule has 3 N–H and O–H groups in total. The highest BCUT2D eigenvalue weighted by molar-refractivity contribution is 5.75. The molecule has 3 nitrogen and oxygen atoms in total. The van der Waals surface area contributed by atoms with E-state index in [0.717, 1.165) is 16.7 Å². The van der Waals surface area contributed by atoms with Crippen molar-refractivity contribution in [2.45, 2.75) is 39.2 Å². The second kappa shape index (κ2) is 4.26. The number of carboxylic acids is 1. The largest absolute Gasteiger partial charge is 0.480 e. The maximum absolute atomic E-state index is 11.0. The Morgan fingerprint density at radius 2 is 1.94 bits per heavy atom. The number of aliphatic carboxylic acids is 1. The maximum atomic E-state index is 11.0. The van der Waals surface area contributed by atoms with Crippen LogP contribution in [0, 0.1) is 13.8 Å². The molecule has 0 spiro atoms. The Balaban J connectivity index is 3.26. The Labute approximate surface area is 96.3 Å². The zero-order valence-corrected chi connectivity index (χ0v) is 10.2. The zero-order chi connectivity index (χ0) is 12.5. The van der Waals surface area contributed by atoms with Crippen LogP contribution in [0.3, 0.4) is 0 Å². The van der Waals surface area contributed by atoms with E-state index in [1.165, 1.54) is 0 Å². The fraction of sp³-hybridized carbons (Fsp3) is 0.462. The molecule has 0 amide bonds. The number of hydrogen-bond donors (Lipinski definition) is 2. The van der Waals surface area contributed by atoms with Crippen molar-refractivity contribution in [3.63, 3.8) is 0 Å². The molecule has 0 radical (unpaired) electrons. The number of benzene rings is 1. The Bertz CT molecular complexity index is 410. The minimum atomic E-state index is -0.967. The first kappa shape index (κ1) is 12.7. The molecule has 1 aromatic rings. The highest BCUT2D eigenvalue weighted by Crippen LogP contribution is 2.30. The van der Waals surface area contributed by atoms with Crippen molar-refractivity contribution in [3.8, 4) is 0 Å². The van der Waals surface area contributed by atoms with E-state index in [-0.39, 0.29) is 0 Å². The molecule has 0 bridgehead atoms. The van der Waals surface area contributed by atoms with Crippen LogP contribution in [-0.2, 0) is 10.2 Å². The molecule has 0 fully saturated rings. The van der Waals surface area contributed by atoms with Crippen LogP contribution < -0.4 is 5.73 Å². The highest BCUT2D eigenvalue weighted by atomic mass is 16.4. The van der Waals surface area contributed by atoms with E-state index >= 15 is 0 Å². The van der Waals surface area contributed by atoms with Crippen molar-refractivity contribution in [1.82, 2.24) is 0 Å². The quantitative estimate of drug-likeness (QED) is 0.820. The molecule has 1 aromatic carbocycles. The standard InChI is InChI=1S/C13H19NO2/c1-8-6-5-7-10(9(8)2)13(3,4)11(14)12(15)16/h5-7,11H,14H2,1-4H3,(H,15,16). The van der Waals surface area contributed by atoms with Crippen LogP contribution in [0.5, 0.6) is 0 Å². The van der Waals surface area contributed by atoms with Gasteiger partial charge in [-0.1, -0.05) is 32.0 Å². The summed E-state index contributed by atoms with van der Waals surface area (Å²) in [6, 6.07) is 5.01. The summed E-state index contributed by atoms with van der Waals surface area (Å²) in [5, 5.41) is 9.01. The lowest BCUT2D eigenvalue weighted by atomic mass is 9.75. The third-order valence-corrected chi connectivity index (χ3v) is 3.34. The van der Waals surface area contributed by atoms with Crippen molar-refractivity contribution in [1.29, 1.82) is 0 Å². The smallest absolute Gasteiger partial charge is 0.321 e. The Kier molecular flexibility index (Phi) is 3.38. The summed E-state index contributed by atoms with van der Waals surface area (Å²) in [5.41, 5.74) is 8.45. The van der Waals surface area contributed by atoms with Gasteiger partial charge in [0, 0.05) is 5.41 Å². The average molecular weight is 221 g/mol. The van der Waals surface area contributed by atoms with Crippen LogP contribution in [0.1, 0.15) is 30.5 Å². The summed E-state index contributed by atoms with van der Waals surface area (Å²) >= 11 is 0.